The molecule has 1 aromatic carbocycles. The predicted molar refractivity (Wildman–Crippen MR) is 55.2 cm³/mol. The molecule has 15 heavy (non-hydrogen) atoms. The summed E-state index contributed by atoms with van der Waals surface area (Å²) in [4.78, 5) is 1.77. The van der Waals surface area contributed by atoms with Gasteiger partial charge in [0.25, 0.3) is 0 Å². The van der Waals surface area contributed by atoms with Crippen LogP contribution in [-0.4, -0.2) is 13.0 Å². The van der Waals surface area contributed by atoms with Crippen molar-refractivity contribution in [2.75, 3.05) is 5.43 Å². The molecule has 0 amide bonds. The minimum absolute atomic E-state index is 0. The van der Waals surface area contributed by atoms with E-state index in [2.05, 4.69) is 5.43 Å². The summed E-state index contributed by atoms with van der Waals surface area (Å²) in [5.41, 5.74) is 4.03. The Morgan fingerprint density at radius 1 is 1.47 bits per heavy atom. The van der Waals surface area contributed by atoms with Crippen LogP contribution in [0.4, 0.5) is 5.69 Å². The molecular formula is C8H13KN2O3S. The first-order valence-electron chi connectivity index (χ1n) is 4.10. The number of nitrogens with one attached hydrogen (secondary N) is 2. The van der Waals surface area contributed by atoms with Crippen LogP contribution in [0.5, 0.6) is 0 Å². The van der Waals surface area contributed by atoms with Crippen molar-refractivity contribution in [3.63, 3.8) is 0 Å². The van der Waals surface area contributed by atoms with Crippen molar-refractivity contribution in [3.8, 4) is 0 Å². The summed E-state index contributed by atoms with van der Waals surface area (Å²) in [5.74, 6) is 0. The van der Waals surface area contributed by atoms with Gasteiger partial charge in [0.05, 0.1) is 5.69 Å². The van der Waals surface area contributed by atoms with E-state index in [1.54, 1.807) is 23.0 Å². The Balaban J connectivity index is 0. The molecule has 1 rings (SSSR count). The molecule has 0 radical (unpaired) electrons. The quantitative estimate of drug-likeness (QED) is 0.333. The number of rotatable bonds is 4. The van der Waals surface area contributed by atoms with E-state index >= 15 is 0 Å². The molecule has 0 atom stereocenters. The summed E-state index contributed by atoms with van der Waals surface area (Å²) < 4.78 is 29.1. The average molecular weight is 256 g/mol. The van der Waals surface area contributed by atoms with E-state index in [0.29, 0.717) is 5.69 Å². The van der Waals surface area contributed by atoms with Crippen LogP contribution in [0.2, 0.25) is 0 Å². The third kappa shape index (κ3) is 6.64. The van der Waals surface area contributed by atoms with Crippen molar-refractivity contribution in [1.29, 1.82) is 0 Å². The Morgan fingerprint density at radius 3 is 2.67 bits per heavy atom. The molecule has 1 aromatic rings. The molecule has 0 spiro atoms. The van der Waals surface area contributed by atoms with Gasteiger partial charge in [-0.1, -0.05) is 19.1 Å². The zero-order chi connectivity index (χ0) is 10.6. The van der Waals surface area contributed by atoms with E-state index in [4.69, 9.17) is 4.55 Å². The van der Waals surface area contributed by atoms with Gasteiger partial charge in [0.2, 0.25) is 0 Å². The topological polar surface area (TPSA) is 78.4 Å². The van der Waals surface area contributed by atoms with E-state index in [0.717, 1.165) is 12.0 Å². The fourth-order valence-electron chi connectivity index (χ4n) is 0.992. The molecule has 5 nitrogen and oxygen atoms in total. The summed E-state index contributed by atoms with van der Waals surface area (Å²) in [6.07, 6.45) is 0.862. The molecule has 0 heterocycles. The standard InChI is InChI=1S/C8H12N2O3S.K.H/c1-2-7-4-3-5-8(6-7)9-10-14(11,12)13;;/h3-6,9-10H,2H2,1H3,(H,11,12,13);;/q;+1;-1. The first-order chi connectivity index (χ1) is 6.51. The van der Waals surface area contributed by atoms with Crippen molar-refractivity contribution in [1.82, 2.24) is 4.83 Å². The number of aryl methyl sites for hydroxylation is 1. The smallest absolute Gasteiger partial charge is 1.00 e. The fourth-order valence-corrected chi connectivity index (χ4v) is 1.24. The molecule has 0 fully saturated rings. The Kier molecular flexibility index (Phi) is 7.22. The maximum Gasteiger partial charge on any atom is 1.00 e. The molecule has 0 saturated carbocycles. The minimum Gasteiger partial charge on any atom is -1.00 e. The zero-order valence-electron chi connectivity index (χ0n) is 9.69. The van der Waals surface area contributed by atoms with E-state index < -0.39 is 10.3 Å². The van der Waals surface area contributed by atoms with Gasteiger partial charge in [-0.2, -0.15) is 8.42 Å². The van der Waals surface area contributed by atoms with Crippen LogP contribution < -0.4 is 61.6 Å². The van der Waals surface area contributed by atoms with E-state index in [9.17, 15) is 8.42 Å². The minimum atomic E-state index is -4.20. The summed E-state index contributed by atoms with van der Waals surface area (Å²) in [6, 6.07) is 7.21. The van der Waals surface area contributed by atoms with Crippen molar-refractivity contribution in [3.05, 3.63) is 29.8 Å². The van der Waals surface area contributed by atoms with Crippen molar-refractivity contribution >= 4 is 16.0 Å². The number of anilines is 1. The Bertz CT molecular complexity index is 413. The van der Waals surface area contributed by atoms with Gasteiger partial charge in [-0.15, -0.1) is 4.83 Å². The molecule has 80 valence electrons. The molecule has 0 aliphatic heterocycles. The van der Waals surface area contributed by atoms with Crippen LogP contribution in [0.3, 0.4) is 0 Å². The third-order valence-corrected chi connectivity index (χ3v) is 2.02. The Labute approximate surface area is 133 Å². The number of benzene rings is 1. The molecule has 7 heteroatoms. The van der Waals surface area contributed by atoms with Gasteiger partial charge in [-0.05, 0) is 24.1 Å². The monoisotopic (exact) mass is 256 g/mol. The Hall–Kier alpha value is 0.526. The molecule has 0 aliphatic rings. The molecule has 0 bridgehead atoms. The number of hydrazine groups is 1. The SMILES string of the molecule is CCc1cccc(NNS(=O)(=O)O)c1.[H-].[K+]. The third-order valence-electron chi connectivity index (χ3n) is 1.66. The Morgan fingerprint density at radius 2 is 2.13 bits per heavy atom. The van der Waals surface area contributed by atoms with Crippen molar-refractivity contribution in [2.24, 2.45) is 0 Å². The molecule has 0 unspecified atom stereocenters. The molecular weight excluding hydrogens is 243 g/mol. The zero-order valence-corrected chi connectivity index (χ0v) is 12.6. The molecule has 0 aromatic heterocycles. The van der Waals surface area contributed by atoms with Crippen LogP contribution in [0.15, 0.2) is 24.3 Å². The summed E-state index contributed by atoms with van der Waals surface area (Å²) in [7, 11) is -4.20. The second kappa shape index (κ2) is 6.97. The van der Waals surface area contributed by atoms with Crippen LogP contribution in [0.25, 0.3) is 0 Å². The largest absolute Gasteiger partial charge is 1.00 e. The summed E-state index contributed by atoms with van der Waals surface area (Å²) in [5, 5.41) is 0. The number of hydrogen-bond donors (Lipinski definition) is 3. The number of hydrogen-bond acceptors (Lipinski definition) is 3. The van der Waals surface area contributed by atoms with Crippen LogP contribution in [0, 0.1) is 0 Å². The second-order valence-corrected chi connectivity index (χ2v) is 3.91. The second-order valence-electron chi connectivity index (χ2n) is 2.76. The van der Waals surface area contributed by atoms with Gasteiger partial charge >= 0.3 is 61.7 Å². The van der Waals surface area contributed by atoms with Crippen molar-refractivity contribution < 1.29 is 65.8 Å². The van der Waals surface area contributed by atoms with Gasteiger partial charge in [0.1, 0.15) is 0 Å². The average Bonchev–Trinajstić information content (AvgIpc) is 2.14. The van der Waals surface area contributed by atoms with Gasteiger partial charge < -0.3 is 6.85 Å². The van der Waals surface area contributed by atoms with Gasteiger partial charge in [0, 0.05) is 0 Å². The van der Waals surface area contributed by atoms with Crippen LogP contribution >= 0.6 is 0 Å². The molecule has 0 saturated heterocycles. The van der Waals surface area contributed by atoms with E-state index in [1.165, 1.54) is 0 Å². The van der Waals surface area contributed by atoms with Crippen LogP contribution in [-0.2, 0) is 16.7 Å². The first kappa shape index (κ1) is 15.5. The van der Waals surface area contributed by atoms with Crippen molar-refractivity contribution in [2.45, 2.75) is 13.3 Å². The van der Waals surface area contributed by atoms with E-state index in [1.807, 2.05) is 13.0 Å². The summed E-state index contributed by atoms with van der Waals surface area (Å²) in [6.45, 7) is 2.00. The summed E-state index contributed by atoms with van der Waals surface area (Å²) >= 11 is 0. The molecule has 0 aliphatic carbocycles. The first-order valence-corrected chi connectivity index (χ1v) is 5.54. The fraction of sp³-hybridized carbons (Fsp3) is 0.250. The van der Waals surface area contributed by atoms with Gasteiger partial charge in [-0.3, -0.25) is 4.55 Å². The van der Waals surface area contributed by atoms with E-state index in [-0.39, 0.29) is 52.8 Å². The molecule has 3 N–H and O–H groups in total. The maximum absolute atomic E-state index is 10.3. The van der Waals surface area contributed by atoms with Crippen LogP contribution in [0.1, 0.15) is 13.9 Å². The predicted octanol–water partition coefficient (Wildman–Crippen LogP) is -1.92. The maximum atomic E-state index is 10.3. The van der Waals surface area contributed by atoms with Gasteiger partial charge in [0.15, 0.2) is 0 Å². The van der Waals surface area contributed by atoms with Gasteiger partial charge in [-0.25, -0.2) is 0 Å². The normalized spacial score (nSPS) is 10.5.